The van der Waals surface area contributed by atoms with Crippen LogP contribution in [0, 0.1) is 17.5 Å². The lowest BCUT2D eigenvalue weighted by Crippen LogP contribution is -2.42. The van der Waals surface area contributed by atoms with Gasteiger partial charge >= 0.3 is 6.18 Å². The number of carbonyl (C=O) groups is 2. The fourth-order valence-corrected chi connectivity index (χ4v) is 3.39. The minimum absolute atomic E-state index is 0.177. The van der Waals surface area contributed by atoms with Gasteiger partial charge in [-0.1, -0.05) is 0 Å². The van der Waals surface area contributed by atoms with Gasteiger partial charge in [-0.15, -0.1) is 0 Å². The minimum Gasteiger partial charge on any atom is -0.543 e. The fraction of sp³-hybridized carbons (Fsp3) is 0.389. The van der Waals surface area contributed by atoms with Crippen molar-refractivity contribution in [1.29, 1.82) is 0 Å². The largest absolute Gasteiger partial charge is 0.543 e. The molecule has 0 saturated carbocycles. The highest BCUT2D eigenvalue weighted by atomic mass is 19.4. The van der Waals surface area contributed by atoms with Crippen molar-refractivity contribution >= 4 is 11.9 Å². The number of carboxylic acid groups (broad SMARTS) is 1. The number of rotatable bonds is 5. The molecule has 0 radical (unpaired) electrons. The van der Waals surface area contributed by atoms with Crippen LogP contribution in [0.2, 0.25) is 0 Å². The molecule has 3 rings (SSSR count). The maximum absolute atomic E-state index is 13.7. The van der Waals surface area contributed by atoms with E-state index in [4.69, 9.17) is 5.73 Å². The number of nitrogens with zero attached hydrogens (tertiary/aromatic N) is 3. The van der Waals surface area contributed by atoms with Crippen molar-refractivity contribution in [3.05, 3.63) is 52.4 Å². The molecule has 1 aromatic carbocycles. The number of imidazole rings is 1. The molecule has 2 heterocycles. The van der Waals surface area contributed by atoms with Crippen LogP contribution in [-0.4, -0.2) is 38.9 Å². The number of carbonyl (C=O) groups excluding carboxylic acids is 2. The van der Waals surface area contributed by atoms with Crippen molar-refractivity contribution in [2.24, 2.45) is 5.73 Å². The fourth-order valence-electron chi connectivity index (χ4n) is 3.39. The summed E-state index contributed by atoms with van der Waals surface area (Å²) in [5, 5.41) is 11.2. The number of fused-ring (bicyclic) bond motifs is 1. The molecule has 0 bridgehead atoms. The van der Waals surface area contributed by atoms with Gasteiger partial charge in [0.1, 0.15) is 11.5 Å². The van der Waals surface area contributed by atoms with Gasteiger partial charge in [0.25, 0.3) is 0 Å². The average Bonchev–Trinajstić information content (AvgIpc) is 3.05. The number of carboxylic acids is 1. The lowest BCUT2D eigenvalue weighted by atomic mass is 10.0. The predicted octanol–water partition coefficient (Wildman–Crippen LogP) is 0.985. The quantitative estimate of drug-likeness (QED) is 0.542. The van der Waals surface area contributed by atoms with Crippen molar-refractivity contribution in [2.75, 3.05) is 6.54 Å². The molecule has 1 aliphatic heterocycles. The Kier molecular flexibility index (Phi) is 5.98. The molecule has 0 aliphatic carbocycles. The third-order valence-corrected chi connectivity index (χ3v) is 4.81. The van der Waals surface area contributed by atoms with E-state index in [-0.39, 0.29) is 37.2 Å². The highest BCUT2D eigenvalue weighted by Gasteiger charge is 2.40. The van der Waals surface area contributed by atoms with Crippen molar-refractivity contribution in [1.82, 2.24) is 14.5 Å². The third kappa shape index (κ3) is 4.65. The molecule has 0 saturated heterocycles. The van der Waals surface area contributed by atoms with Gasteiger partial charge in [-0.25, -0.2) is 18.2 Å². The number of aromatic carboxylic acids is 1. The summed E-state index contributed by atoms with van der Waals surface area (Å²) >= 11 is 0. The molecule has 1 aliphatic rings. The SMILES string of the molecule is NC(CC(=O)N1CCn2c(C(F)(F)F)nc(C(=O)[O-])c2C1)Cc1cc(F)c(F)cc1F. The summed E-state index contributed by atoms with van der Waals surface area (Å²) in [6.07, 6.45) is -5.59. The first-order valence-electron chi connectivity index (χ1n) is 8.93. The predicted molar refractivity (Wildman–Crippen MR) is 89.6 cm³/mol. The van der Waals surface area contributed by atoms with Crippen molar-refractivity contribution in [3.63, 3.8) is 0 Å². The van der Waals surface area contributed by atoms with Crippen LogP contribution in [0.1, 0.15) is 34.0 Å². The lowest BCUT2D eigenvalue weighted by Gasteiger charge is -2.30. The summed E-state index contributed by atoms with van der Waals surface area (Å²) in [5.74, 6) is -7.66. The van der Waals surface area contributed by atoms with Crippen molar-refractivity contribution in [2.45, 2.75) is 38.1 Å². The highest BCUT2D eigenvalue weighted by Crippen LogP contribution is 2.32. The highest BCUT2D eigenvalue weighted by molar-refractivity contribution is 5.85. The van der Waals surface area contributed by atoms with Gasteiger partial charge in [-0.2, -0.15) is 13.2 Å². The second-order valence-electron chi connectivity index (χ2n) is 7.01. The normalized spacial score (nSPS) is 15.0. The van der Waals surface area contributed by atoms with Gasteiger partial charge < -0.3 is 25.1 Å². The van der Waals surface area contributed by atoms with E-state index in [2.05, 4.69) is 4.98 Å². The standard InChI is InChI=1S/C18H16F6N4O3/c19-10-6-12(21)11(20)4-8(10)3-9(25)5-14(29)27-1-2-28-13(7-27)15(16(30)31)26-17(28)18(22,23)24/h4,6,9H,1-3,5,7,25H2,(H,30,31)/p-1. The van der Waals surface area contributed by atoms with Gasteiger partial charge in [0.05, 0.1) is 18.2 Å². The molecule has 1 unspecified atom stereocenters. The number of benzene rings is 1. The number of nitrogens with two attached hydrogens (primary N) is 1. The first-order chi connectivity index (χ1) is 14.4. The van der Waals surface area contributed by atoms with Gasteiger partial charge in [0.2, 0.25) is 11.7 Å². The molecule has 1 amide bonds. The second kappa shape index (κ2) is 8.21. The van der Waals surface area contributed by atoms with E-state index in [1.54, 1.807) is 0 Å². The molecule has 0 fully saturated rings. The number of hydrogen-bond acceptors (Lipinski definition) is 5. The van der Waals surface area contributed by atoms with Crippen LogP contribution in [0.4, 0.5) is 26.3 Å². The van der Waals surface area contributed by atoms with E-state index in [9.17, 15) is 41.0 Å². The molecular weight excluding hydrogens is 434 g/mol. The Balaban J connectivity index is 1.73. The Hall–Kier alpha value is -3.09. The molecule has 1 aromatic heterocycles. The molecule has 2 N–H and O–H groups in total. The zero-order valence-corrected chi connectivity index (χ0v) is 15.7. The summed E-state index contributed by atoms with van der Waals surface area (Å²) in [6.45, 7) is -1.01. The summed E-state index contributed by atoms with van der Waals surface area (Å²) in [7, 11) is 0. The van der Waals surface area contributed by atoms with Crippen molar-refractivity contribution in [3.8, 4) is 0 Å². The molecule has 7 nitrogen and oxygen atoms in total. The van der Waals surface area contributed by atoms with Gasteiger partial charge in [-0.05, 0) is 18.1 Å². The number of hydrogen-bond donors (Lipinski definition) is 1. The molecule has 2 aromatic rings. The summed E-state index contributed by atoms with van der Waals surface area (Å²) < 4.78 is 80.0. The van der Waals surface area contributed by atoms with Crippen LogP contribution in [0.3, 0.4) is 0 Å². The molecule has 0 spiro atoms. The monoisotopic (exact) mass is 449 g/mol. The van der Waals surface area contributed by atoms with Crippen LogP contribution in [0.25, 0.3) is 0 Å². The zero-order chi connectivity index (χ0) is 23.1. The van der Waals surface area contributed by atoms with Gasteiger partial charge in [0, 0.05) is 31.6 Å². The van der Waals surface area contributed by atoms with Crippen LogP contribution < -0.4 is 10.8 Å². The van der Waals surface area contributed by atoms with Crippen LogP contribution in [0.15, 0.2) is 12.1 Å². The van der Waals surface area contributed by atoms with Crippen LogP contribution >= 0.6 is 0 Å². The second-order valence-corrected chi connectivity index (χ2v) is 7.01. The van der Waals surface area contributed by atoms with Crippen molar-refractivity contribution < 1.29 is 41.0 Å². The van der Waals surface area contributed by atoms with E-state index >= 15 is 0 Å². The number of halogens is 6. The van der Waals surface area contributed by atoms with Crippen LogP contribution in [-0.2, 0) is 30.5 Å². The van der Waals surface area contributed by atoms with E-state index in [1.807, 2.05) is 0 Å². The van der Waals surface area contributed by atoms with Gasteiger partial charge in [-0.3, -0.25) is 4.79 Å². The Morgan fingerprint density at radius 3 is 2.39 bits per heavy atom. The maximum atomic E-state index is 13.7. The summed E-state index contributed by atoms with van der Waals surface area (Å²) in [4.78, 5) is 27.9. The Morgan fingerprint density at radius 2 is 1.77 bits per heavy atom. The van der Waals surface area contributed by atoms with Gasteiger partial charge in [0.15, 0.2) is 11.6 Å². The average molecular weight is 449 g/mol. The lowest BCUT2D eigenvalue weighted by molar-refractivity contribution is -0.255. The van der Waals surface area contributed by atoms with E-state index in [1.165, 1.54) is 0 Å². The smallest absolute Gasteiger partial charge is 0.449 e. The van der Waals surface area contributed by atoms with E-state index < -0.39 is 59.6 Å². The topological polar surface area (TPSA) is 104 Å². The Morgan fingerprint density at radius 1 is 1.13 bits per heavy atom. The molecular formula is C18H15F6N4O3-. The number of alkyl halides is 3. The first-order valence-corrected chi connectivity index (χ1v) is 8.93. The molecule has 13 heteroatoms. The summed E-state index contributed by atoms with van der Waals surface area (Å²) in [5.41, 5.74) is 4.30. The Labute approximate surface area is 171 Å². The molecule has 31 heavy (non-hydrogen) atoms. The minimum atomic E-state index is -4.90. The molecule has 168 valence electrons. The van der Waals surface area contributed by atoms with Crippen LogP contribution in [0.5, 0.6) is 0 Å². The third-order valence-electron chi connectivity index (χ3n) is 4.81. The zero-order valence-electron chi connectivity index (χ0n) is 15.7. The van der Waals surface area contributed by atoms with E-state index in [0.717, 1.165) is 4.90 Å². The first kappa shape index (κ1) is 22.6. The number of aromatic nitrogens is 2. The Bertz CT molecular complexity index is 1040. The molecule has 1 atom stereocenters. The summed E-state index contributed by atoms with van der Waals surface area (Å²) in [6, 6.07) is -0.0331. The number of amides is 1. The maximum Gasteiger partial charge on any atom is 0.449 e. The van der Waals surface area contributed by atoms with E-state index in [0.29, 0.717) is 16.7 Å².